The summed E-state index contributed by atoms with van der Waals surface area (Å²) in [5, 5.41) is 0. The predicted octanol–water partition coefficient (Wildman–Crippen LogP) is 5.17. The van der Waals surface area contributed by atoms with Crippen molar-refractivity contribution in [2.24, 2.45) is 0 Å². The molecule has 0 aliphatic heterocycles. The minimum absolute atomic E-state index is 1.09. The molecule has 0 N–H and O–H groups in total. The molecule has 0 radical (unpaired) electrons. The van der Waals surface area contributed by atoms with Crippen molar-refractivity contribution in [1.29, 1.82) is 0 Å². The summed E-state index contributed by atoms with van der Waals surface area (Å²) < 4.78 is 0. The lowest BCUT2D eigenvalue weighted by Gasteiger charge is -2.18. The summed E-state index contributed by atoms with van der Waals surface area (Å²) in [7, 11) is 4.20. The van der Waals surface area contributed by atoms with E-state index >= 15 is 0 Å². The van der Waals surface area contributed by atoms with Gasteiger partial charge < -0.3 is 4.90 Å². The molecule has 17 heavy (non-hydrogen) atoms. The van der Waals surface area contributed by atoms with Gasteiger partial charge in [-0.15, -0.1) is 0 Å². The molecular weight excluding hydrogens is 206 g/mol. The van der Waals surface area contributed by atoms with Crippen LogP contribution in [0.2, 0.25) is 0 Å². The summed E-state index contributed by atoms with van der Waals surface area (Å²) in [5.74, 6) is 0. The van der Waals surface area contributed by atoms with Crippen molar-refractivity contribution in [3.8, 4) is 0 Å². The molecule has 0 aromatic heterocycles. The number of hydrogen-bond donors (Lipinski definition) is 0. The Morgan fingerprint density at radius 3 is 2.00 bits per heavy atom. The van der Waals surface area contributed by atoms with Gasteiger partial charge in [0, 0.05) is 19.8 Å². The van der Waals surface area contributed by atoms with E-state index in [1.165, 1.54) is 16.8 Å². The van der Waals surface area contributed by atoms with Gasteiger partial charge in [0.1, 0.15) is 0 Å². The van der Waals surface area contributed by atoms with Gasteiger partial charge in [0.2, 0.25) is 0 Å². The van der Waals surface area contributed by atoms with Crippen LogP contribution >= 0.6 is 0 Å². The van der Waals surface area contributed by atoms with Crippen LogP contribution in [-0.4, -0.2) is 19.0 Å². The van der Waals surface area contributed by atoms with Crippen LogP contribution < -0.4 is 0 Å². The number of hydrogen-bond acceptors (Lipinski definition) is 1. The fourth-order valence-electron chi connectivity index (χ4n) is 1.55. The first-order valence-corrected chi connectivity index (χ1v) is 6.89. The number of nitrogens with zero attached hydrogens (tertiary/aromatic N) is 1. The molecule has 0 amide bonds. The molecule has 0 spiro atoms. The molecule has 1 nitrogen and oxygen atoms in total. The quantitative estimate of drug-likeness (QED) is 0.640. The fourth-order valence-corrected chi connectivity index (χ4v) is 1.55. The van der Waals surface area contributed by atoms with Crippen LogP contribution in [0.3, 0.4) is 0 Å². The Labute approximate surface area is 109 Å². The molecule has 0 unspecified atom stereocenters. The van der Waals surface area contributed by atoms with Crippen LogP contribution in [0.15, 0.2) is 35.1 Å². The lowest BCUT2D eigenvalue weighted by atomic mass is 10.1. The first-order valence-electron chi connectivity index (χ1n) is 6.89. The number of likely N-dealkylation sites (N-methyl/N-ethyl adjacent to an activating group) is 1. The molecule has 1 heteroatoms. The van der Waals surface area contributed by atoms with Gasteiger partial charge >= 0.3 is 0 Å². The fraction of sp³-hybridized carbons (Fsp3) is 0.625. The van der Waals surface area contributed by atoms with Gasteiger partial charge in [-0.2, -0.15) is 0 Å². The van der Waals surface area contributed by atoms with E-state index in [2.05, 4.69) is 51.1 Å². The molecule has 0 heterocycles. The first-order chi connectivity index (χ1) is 8.15. The Morgan fingerprint density at radius 1 is 1.06 bits per heavy atom. The van der Waals surface area contributed by atoms with Gasteiger partial charge in [-0.3, -0.25) is 0 Å². The Hall–Kier alpha value is -0.980. The highest BCUT2D eigenvalue weighted by atomic mass is 15.1. The van der Waals surface area contributed by atoms with Crippen molar-refractivity contribution in [3.63, 3.8) is 0 Å². The zero-order valence-corrected chi connectivity index (χ0v) is 13.1. The van der Waals surface area contributed by atoms with Gasteiger partial charge in [0.15, 0.2) is 0 Å². The van der Waals surface area contributed by atoms with Crippen molar-refractivity contribution in [3.05, 3.63) is 35.1 Å². The maximum atomic E-state index is 2.34. The number of allylic oxidation sites excluding steroid dienone is 5. The Morgan fingerprint density at radius 2 is 1.59 bits per heavy atom. The largest absolute Gasteiger partial charge is 0.377 e. The van der Waals surface area contributed by atoms with Crippen molar-refractivity contribution in [2.45, 2.75) is 54.4 Å². The third kappa shape index (κ3) is 7.04. The third-order valence-corrected chi connectivity index (χ3v) is 2.39. The van der Waals surface area contributed by atoms with Gasteiger partial charge in [-0.05, 0) is 31.4 Å². The Bertz CT molecular complexity index is 267. The zero-order chi connectivity index (χ0) is 13.8. The molecule has 100 valence electrons. The van der Waals surface area contributed by atoms with E-state index < -0.39 is 0 Å². The monoisotopic (exact) mass is 237 g/mol. The van der Waals surface area contributed by atoms with Gasteiger partial charge in [-0.1, -0.05) is 52.3 Å². The molecule has 0 bridgehead atoms. The van der Waals surface area contributed by atoms with Crippen molar-refractivity contribution in [1.82, 2.24) is 4.90 Å². The highest BCUT2D eigenvalue weighted by molar-refractivity contribution is 5.36. The average molecular weight is 237 g/mol. The van der Waals surface area contributed by atoms with E-state index in [0.717, 1.165) is 12.8 Å². The van der Waals surface area contributed by atoms with Crippen molar-refractivity contribution >= 4 is 0 Å². The van der Waals surface area contributed by atoms with Crippen LogP contribution in [0, 0.1) is 0 Å². The molecular formula is C16H31N. The first kappa shape index (κ1) is 18.4. The van der Waals surface area contributed by atoms with Crippen LogP contribution in [-0.2, 0) is 0 Å². The van der Waals surface area contributed by atoms with Crippen molar-refractivity contribution < 1.29 is 0 Å². The summed E-state index contributed by atoms with van der Waals surface area (Å²) in [6.07, 6.45) is 8.99. The third-order valence-electron chi connectivity index (χ3n) is 2.39. The SMILES string of the molecule is CC.CC.CCC1=CCC(C)=CC=C1N(C)C. The lowest BCUT2D eigenvalue weighted by molar-refractivity contribution is 0.518. The second-order valence-electron chi connectivity index (χ2n) is 3.75. The lowest BCUT2D eigenvalue weighted by Crippen LogP contribution is -2.12. The molecule has 1 aliphatic rings. The van der Waals surface area contributed by atoms with Crippen LogP contribution in [0.5, 0.6) is 0 Å². The molecule has 0 saturated carbocycles. The Kier molecular flexibility index (Phi) is 12.4. The van der Waals surface area contributed by atoms with E-state index in [4.69, 9.17) is 0 Å². The summed E-state index contributed by atoms with van der Waals surface area (Å²) in [4.78, 5) is 2.18. The molecule has 0 atom stereocenters. The predicted molar refractivity (Wildman–Crippen MR) is 81.2 cm³/mol. The molecule has 1 rings (SSSR count). The topological polar surface area (TPSA) is 3.24 Å². The van der Waals surface area contributed by atoms with E-state index in [-0.39, 0.29) is 0 Å². The highest BCUT2D eigenvalue weighted by Crippen LogP contribution is 2.21. The van der Waals surface area contributed by atoms with Gasteiger partial charge in [-0.25, -0.2) is 0 Å². The second kappa shape index (κ2) is 11.5. The minimum Gasteiger partial charge on any atom is -0.377 e. The van der Waals surface area contributed by atoms with Crippen LogP contribution in [0.25, 0.3) is 0 Å². The molecule has 0 aromatic rings. The standard InChI is InChI=1S/C12H19N.2C2H6/c1-5-11-8-6-10(2)7-9-12(11)13(3)4;2*1-2/h7-9H,5-6H2,1-4H3;2*1-2H3. The maximum Gasteiger partial charge on any atom is 0.0390 e. The summed E-state index contributed by atoms with van der Waals surface area (Å²) in [6, 6.07) is 0. The van der Waals surface area contributed by atoms with Crippen LogP contribution in [0.1, 0.15) is 54.4 Å². The summed E-state index contributed by atoms with van der Waals surface area (Å²) in [6.45, 7) is 12.4. The molecule has 0 aromatic carbocycles. The smallest absolute Gasteiger partial charge is 0.0390 e. The van der Waals surface area contributed by atoms with Gasteiger partial charge in [0.05, 0.1) is 0 Å². The van der Waals surface area contributed by atoms with E-state index in [0.29, 0.717) is 0 Å². The van der Waals surface area contributed by atoms with E-state index in [9.17, 15) is 0 Å². The van der Waals surface area contributed by atoms with Crippen LogP contribution in [0.4, 0.5) is 0 Å². The molecule has 0 saturated heterocycles. The maximum absolute atomic E-state index is 2.34. The van der Waals surface area contributed by atoms with Gasteiger partial charge in [0.25, 0.3) is 0 Å². The minimum atomic E-state index is 1.09. The second-order valence-corrected chi connectivity index (χ2v) is 3.75. The normalized spacial score (nSPS) is 13.8. The zero-order valence-electron chi connectivity index (χ0n) is 13.1. The summed E-state index contributed by atoms with van der Waals surface area (Å²) in [5.41, 5.74) is 4.24. The van der Waals surface area contributed by atoms with E-state index in [1.807, 2.05) is 27.7 Å². The highest BCUT2D eigenvalue weighted by Gasteiger charge is 2.06. The Balaban J connectivity index is 0. The van der Waals surface area contributed by atoms with Crippen molar-refractivity contribution in [2.75, 3.05) is 14.1 Å². The van der Waals surface area contributed by atoms with E-state index in [1.54, 1.807) is 0 Å². The average Bonchev–Trinajstić information content (AvgIpc) is 2.56. The molecule has 1 aliphatic carbocycles. The summed E-state index contributed by atoms with van der Waals surface area (Å²) >= 11 is 0. The molecule has 0 fully saturated rings. The number of rotatable bonds is 2.